The number of carbonyl (C=O) groups excluding carboxylic acids is 1. The number of hydrogen-bond acceptors (Lipinski definition) is 2. The van der Waals surface area contributed by atoms with Crippen molar-refractivity contribution in [3.63, 3.8) is 0 Å². The third-order valence-electron chi connectivity index (χ3n) is 3.63. The van der Waals surface area contributed by atoms with Crippen LogP contribution in [0.1, 0.15) is 40.5 Å². The first-order valence-electron chi connectivity index (χ1n) is 6.28. The lowest BCUT2D eigenvalue weighted by Crippen LogP contribution is -2.46. The van der Waals surface area contributed by atoms with Crippen LogP contribution in [0.25, 0.3) is 0 Å². The highest BCUT2D eigenvalue weighted by Gasteiger charge is 2.27. The zero-order valence-electron chi connectivity index (χ0n) is 11.3. The van der Waals surface area contributed by atoms with Crippen molar-refractivity contribution in [1.29, 1.82) is 0 Å². The quantitative estimate of drug-likeness (QED) is 0.776. The summed E-state index contributed by atoms with van der Waals surface area (Å²) in [4.78, 5) is 13.8. The molecule has 1 saturated carbocycles. The van der Waals surface area contributed by atoms with Crippen LogP contribution in [0.5, 0.6) is 0 Å². The van der Waals surface area contributed by atoms with E-state index >= 15 is 0 Å². The van der Waals surface area contributed by atoms with Crippen LogP contribution in [0.3, 0.4) is 0 Å². The molecule has 0 spiro atoms. The first-order valence-corrected chi connectivity index (χ1v) is 6.28. The van der Waals surface area contributed by atoms with Crippen LogP contribution in [0.4, 0.5) is 0 Å². The average molecular weight is 226 g/mol. The number of amides is 1. The predicted octanol–water partition coefficient (Wildman–Crippen LogP) is 1.88. The molecule has 1 unspecified atom stereocenters. The topological polar surface area (TPSA) is 32.3 Å². The molecule has 1 rings (SSSR count). The minimum absolute atomic E-state index is 0.140. The van der Waals surface area contributed by atoms with E-state index in [1.807, 2.05) is 11.9 Å². The van der Waals surface area contributed by atoms with Crippen LogP contribution in [-0.2, 0) is 4.79 Å². The molecular weight excluding hydrogens is 200 g/mol. The molecule has 3 heteroatoms. The lowest BCUT2D eigenvalue weighted by atomic mass is 9.87. The maximum Gasteiger partial charge on any atom is 0.236 e. The number of rotatable bonds is 5. The van der Waals surface area contributed by atoms with Gasteiger partial charge in [-0.15, -0.1) is 0 Å². The highest BCUT2D eigenvalue weighted by Crippen LogP contribution is 2.27. The van der Waals surface area contributed by atoms with Crippen LogP contribution in [0, 0.1) is 11.3 Å². The van der Waals surface area contributed by atoms with Gasteiger partial charge in [-0.1, -0.05) is 20.8 Å². The van der Waals surface area contributed by atoms with Gasteiger partial charge in [0.2, 0.25) is 5.91 Å². The highest BCUT2D eigenvalue weighted by molar-refractivity contribution is 5.78. The molecule has 0 aromatic carbocycles. The van der Waals surface area contributed by atoms with Gasteiger partial charge in [-0.25, -0.2) is 0 Å². The summed E-state index contributed by atoms with van der Waals surface area (Å²) >= 11 is 0. The molecule has 3 nitrogen and oxygen atoms in total. The zero-order valence-corrected chi connectivity index (χ0v) is 11.3. The van der Waals surface area contributed by atoms with E-state index in [-0.39, 0.29) is 17.4 Å². The van der Waals surface area contributed by atoms with Crippen LogP contribution in [0.15, 0.2) is 0 Å². The number of nitrogens with one attached hydrogen (secondary N) is 1. The third-order valence-corrected chi connectivity index (χ3v) is 3.63. The Morgan fingerprint density at radius 3 is 2.44 bits per heavy atom. The number of hydrogen-bond donors (Lipinski definition) is 1. The maximum atomic E-state index is 11.9. The van der Waals surface area contributed by atoms with E-state index in [2.05, 4.69) is 33.0 Å². The molecule has 1 amide bonds. The standard InChI is InChI=1S/C13H26N2O/c1-10(13(2,3)4)15(5)12(16)9-14-8-11-6-7-11/h10-11,14H,6-9H2,1-5H3. The Morgan fingerprint density at radius 1 is 1.44 bits per heavy atom. The molecule has 0 aromatic heterocycles. The summed E-state index contributed by atoms with van der Waals surface area (Å²) in [5, 5.41) is 3.24. The largest absolute Gasteiger partial charge is 0.341 e. The van der Waals surface area contributed by atoms with Crippen molar-refractivity contribution in [3.8, 4) is 0 Å². The summed E-state index contributed by atoms with van der Waals surface area (Å²) in [5.41, 5.74) is 0.140. The van der Waals surface area contributed by atoms with Gasteiger partial charge in [0.15, 0.2) is 0 Å². The van der Waals surface area contributed by atoms with Gasteiger partial charge < -0.3 is 10.2 Å². The third kappa shape index (κ3) is 4.12. The average Bonchev–Trinajstić information content (AvgIpc) is 2.97. The number of nitrogens with zero attached hydrogens (tertiary/aromatic N) is 1. The molecule has 1 aliphatic carbocycles. The summed E-state index contributed by atoms with van der Waals surface area (Å²) in [7, 11) is 1.90. The molecule has 0 aliphatic heterocycles. The fourth-order valence-electron chi connectivity index (χ4n) is 1.63. The van der Waals surface area contributed by atoms with Crippen LogP contribution in [-0.4, -0.2) is 37.0 Å². The normalized spacial score (nSPS) is 18.3. The lowest BCUT2D eigenvalue weighted by molar-refractivity contribution is -0.132. The Balaban J connectivity index is 2.28. The molecule has 1 fully saturated rings. The summed E-state index contributed by atoms with van der Waals surface area (Å²) in [5.74, 6) is 1.03. The van der Waals surface area contributed by atoms with Crippen molar-refractivity contribution in [2.45, 2.75) is 46.6 Å². The van der Waals surface area contributed by atoms with Gasteiger partial charge in [-0.2, -0.15) is 0 Å². The van der Waals surface area contributed by atoms with Gasteiger partial charge >= 0.3 is 0 Å². The van der Waals surface area contributed by atoms with Crippen molar-refractivity contribution in [1.82, 2.24) is 10.2 Å². The Morgan fingerprint density at radius 2 is 2.00 bits per heavy atom. The van der Waals surface area contributed by atoms with Gasteiger partial charge in [-0.05, 0) is 37.6 Å². The van der Waals surface area contributed by atoms with E-state index in [9.17, 15) is 4.79 Å². The van der Waals surface area contributed by atoms with Crippen LogP contribution >= 0.6 is 0 Å². The Labute approximate surface area is 99.6 Å². The SMILES string of the molecule is CC(N(C)C(=O)CNCC1CC1)C(C)(C)C. The van der Waals surface area contributed by atoms with Crippen molar-refractivity contribution in [2.24, 2.45) is 11.3 Å². The second-order valence-electron chi connectivity index (χ2n) is 6.12. The molecule has 0 aromatic rings. The van der Waals surface area contributed by atoms with Crippen LogP contribution < -0.4 is 5.32 Å². The molecule has 0 radical (unpaired) electrons. The first-order chi connectivity index (χ1) is 7.32. The number of carbonyl (C=O) groups is 1. The fraction of sp³-hybridized carbons (Fsp3) is 0.923. The number of likely N-dealkylation sites (N-methyl/N-ethyl adjacent to an activating group) is 1. The second-order valence-corrected chi connectivity index (χ2v) is 6.12. The van der Waals surface area contributed by atoms with Crippen molar-refractivity contribution >= 4 is 5.91 Å². The smallest absolute Gasteiger partial charge is 0.236 e. The molecule has 1 atom stereocenters. The molecule has 1 aliphatic rings. The Kier molecular flexibility index (Phi) is 4.36. The summed E-state index contributed by atoms with van der Waals surface area (Å²) in [6.07, 6.45) is 2.66. The second kappa shape index (κ2) is 5.17. The molecule has 16 heavy (non-hydrogen) atoms. The fourth-order valence-corrected chi connectivity index (χ4v) is 1.63. The molecule has 1 N–H and O–H groups in total. The summed E-state index contributed by atoms with van der Waals surface area (Å²) in [6.45, 7) is 10.1. The maximum absolute atomic E-state index is 11.9. The minimum atomic E-state index is 0.140. The lowest BCUT2D eigenvalue weighted by Gasteiger charge is -2.35. The first kappa shape index (κ1) is 13.5. The van der Waals surface area contributed by atoms with Crippen molar-refractivity contribution in [3.05, 3.63) is 0 Å². The zero-order chi connectivity index (χ0) is 12.3. The van der Waals surface area contributed by atoms with Gasteiger partial charge in [-0.3, -0.25) is 4.79 Å². The predicted molar refractivity (Wildman–Crippen MR) is 67.3 cm³/mol. The Bertz CT molecular complexity index is 241. The molecule has 0 saturated heterocycles. The Hall–Kier alpha value is -0.570. The van der Waals surface area contributed by atoms with E-state index in [1.54, 1.807) is 0 Å². The molecular formula is C13H26N2O. The van der Waals surface area contributed by atoms with Crippen molar-refractivity contribution < 1.29 is 4.79 Å². The van der Waals surface area contributed by atoms with Crippen LogP contribution in [0.2, 0.25) is 0 Å². The highest BCUT2D eigenvalue weighted by atomic mass is 16.2. The van der Waals surface area contributed by atoms with E-state index in [1.165, 1.54) is 12.8 Å². The minimum Gasteiger partial charge on any atom is -0.341 e. The summed E-state index contributed by atoms with van der Waals surface area (Å²) < 4.78 is 0. The van der Waals surface area contributed by atoms with Gasteiger partial charge in [0.1, 0.15) is 0 Å². The molecule has 94 valence electrons. The van der Waals surface area contributed by atoms with E-state index in [4.69, 9.17) is 0 Å². The van der Waals surface area contributed by atoms with Gasteiger partial charge in [0.25, 0.3) is 0 Å². The van der Waals surface area contributed by atoms with E-state index < -0.39 is 0 Å². The van der Waals surface area contributed by atoms with E-state index in [0.29, 0.717) is 6.54 Å². The monoisotopic (exact) mass is 226 g/mol. The molecule has 0 bridgehead atoms. The van der Waals surface area contributed by atoms with Gasteiger partial charge in [0.05, 0.1) is 6.54 Å². The molecule has 0 heterocycles. The van der Waals surface area contributed by atoms with E-state index in [0.717, 1.165) is 12.5 Å². The van der Waals surface area contributed by atoms with Crippen molar-refractivity contribution in [2.75, 3.05) is 20.1 Å². The van der Waals surface area contributed by atoms with Gasteiger partial charge in [0, 0.05) is 13.1 Å². The summed E-state index contributed by atoms with van der Waals surface area (Å²) in [6, 6.07) is 0.266.